The van der Waals surface area contributed by atoms with Gasteiger partial charge in [0.1, 0.15) is 24.7 Å². The van der Waals surface area contributed by atoms with Crippen LogP contribution in [0.1, 0.15) is 18.1 Å². The number of ether oxygens (including phenoxy) is 2. The van der Waals surface area contributed by atoms with E-state index in [2.05, 4.69) is 39.4 Å². The standard InChI is InChI=1S/C26H32N6O5S/c1-5-17-15-19(7-8-20(17)27-11-12-33)29-26-28-16-18(6-2)25(31-26)30-21-9-10-22-24(37-14-13-36-22)23(21)32(3)38(4,34)35/h6-10,15-16,27,33H,2,5,11-14H2,1,3-4H3,(H2,28,29,30,31). The third-order valence-corrected chi connectivity index (χ3v) is 7.13. The molecule has 202 valence electrons. The van der Waals surface area contributed by atoms with Crippen molar-refractivity contribution in [1.82, 2.24) is 9.97 Å². The Morgan fingerprint density at radius 3 is 2.63 bits per heavy atom. The maximum Gasteiger partial charge on any atom is 0.232 e. The fraction of sp³-hybridized carbons (Fsp3) is 0.308. The van der Waals surface area contributed by atoms with Gasteiger partial charge in [-0.05, 0) is 42.3 Å². The minimum absolute atomic E-state index is 0.0491. The molecule has 0 atom stereocenters. The largest absolute Gasteiger partial charge is 0.486 e. The van der Waals surface area contributed by atoms with Crippen LogP contribution in [-0.2, 0) is 16.4 Å². The average Bonchev–Trinajstić information content (AvgIpc) is 2.91. The van der Waals surface area contributed by atoms with Crippen LogP contribution in [0.5, 0.6) is 11.5 Å². The minimum atomic E-state index is -3.61. The second-order valence-corrected chi connectivity index (χ2v) is 10.6. The Bertz CT molecular complexity index is 1430. The molecule has 0 spiro atoms. The third-order valence-electron chi connectivity index (χ3n) is 5.95. The van der Waals surface area contributed by atoms with E-state index in [1.54, 1.807) is 24.4 Å². The van der Waals surface area contributed by atoms with E-state index in [9.17, 15) is 8.42 Å². The summed E-state index contributed by atoms with van der Waals surface area (Å²) >= 11 is 0. The van der Waals surface area contributed by atoms with Crippen LogP contribution in [-0.4, -0.2) is 63.2 Å². The molecule has 12 heteroatoms. The Morgan fingerprint density at radius 2 is 1.92 bits per heavy atom. The van der Waals surface area contributed by atoms with Crippen molar-refractivity contribution in [3.8, 4) is 11.5 Å². The fourth-order valence-corrected chi connectivity index (χ4v) is 4.48. The highest BCUT2D eigenvalue weighted by Gasteiger charge is 2.27. The van der Waals surface area contributed by atoms with Crippen LogP contribution in [0.3, 0.4) is 0 Å². The molecule has 11 nitrogen and oxygen atoms in total. The molecule has 3 aromatic rings. The fourth-order valence-electron chi connectivity index (χ4n) is 3.97. The lowest BCUT2D eigenvalue weighted by atomic mass is 10.1. The van der Waals surface area contributed by atoms with Gasteiger partial charge in [-0.15, -0.1) is 0 Å². The smallest absolute Gasteiger partial charge is 0.232 e. The van der Waals surface area contributed by atoms with Gasteiger partial charge in [-0.25, -0.2) is 13.4 Å². The first-order chi connectivity index (χ1) is 18.2. The lowest BCUT2D eigenvalue weighted by molar-refractivity contribution is 0.172. The summed E-state index contributed by atoms with van der Waals surface area (Å²) in [5.74, 6) is 1.56. The first-order valence-electron chi connectivity index (χ1n) is 12.1. The van der Waals surface area contributed by atoms with E-state index < -0.39 is 10.0 Å². The van der Waals surface area contributed by atoms with Gasteiger partial charge in [0.05, 0.1) is 18.6 Å². The van der Waals surface area contributed by atoms with Crippen LogP contribution in [0.2, 0.25) is 0 Å². The van der Waals surface area contributed by atoms with Gasteiger partial charge in [0.15, 0.2) is 11.5 Å². The van der Waals surface area contributed by atoms with Crippen molar-refractivity contribution in [3.05, 3.63) is 54.2 Å². The normalized spacial score (nSPS) is 12.5. The Hall–Kier alpha value is -4.03. The van der Waals surface area contributed by atoms with Gasteiger partial charge < -0.3 is 30.5 Å². The predicted molar refractivity (Wildman–Crippen MR) is 151 cm³/mol. The van der Waals surface area contributed by atoms with Crippen molar-refractivity contribution >= 4 is 50.6 Å². The maximum absolute atomic E-state index is 12.5. The van der Waals surface area contributed by atoms with Gasteiger partial charge in [0.25, 0.3) is 0 Å². The molecular formula is C26H32N6O5S. The third kappa shape index (κ3) is 5.92. The number of nitrogens with one attached hydrogen (secondary N) is 3. The number of hydrogen-bond acceptors (Lipinski definition) is 10. The summed E-state index contributed by atoms with van der Waals surface area (Å²) in [7, 11) is -2.15. The molecule has 0 fully saturated rings. The minimum Gasteiger partial charge on any atom is -0.486 e. The number of anilines is 6. The van der Waals surface area contributed by atoms with Gasteiger partial charge in [-0.2, -0.15) is 4.98 Å². The summed E-state index contributed by atoms with van der Waals surface area (Å²) in [5, 5.41) is 18.8. The number of benzene rings is 2. The second-order valence-electron chi connectivity index (χ2n) is 8.54. The van der Waals surface area contributed by atoms with Crippen LogP contribution in [0.4, 0.5) is 34.5 Å². The Kier molecular flexibility index (Phi) is 8.23. The van der Waals surface area contributed by atoms with Crippen LogP contribution in [0, 0.1) is 0 Å². The number of aromatic nitrogens is 2. The van der Waals surface area contributed by atoms with Crippen molar-refractivity contribution in [2.45, 2.75) is 13.3 Å². The molecular weight excluding hydrogens is 508 g/mol. The molecule has 0 amide bonds. The number of fused-ring (bicyclic) bond motifs is 1. The highest BCUT2D eigenvalue weighted by Crippen LogP contribution is 2.46. The number of nitrogens with zero attached hydrogens (tertiary/aromatic N) is 3. The van der Waals surface area contributed by atoms with Gasteiger partial charge in [0.2, 0.25) is 16.0 Å². The zero-order valence-corrected chi connectivity index (χ0v) is 22.4. The summed E-state index contributed by atoms with van der Waals surface area (Å²) in [4.78, 5) is 9.05. The van der Waals surface area contributed by atoms with E-state index >= 15 is 0 Å². The average molecular weight is 541 g/mol. The molecule has 1 aliphatic heterocycles. The van der Waals surface area contributed by atoms with Crippen molar-refractivity contribution in [3.63, 3.8) is 0 Å². The zero-order valence-electron chi connectivity index (χ0n) is 21.6. The lowest BCUT2D eigenvalue weighted by Gasteiger charge is -2.28. The highest BCUT2D eigenvalue weighted by molar-refractivity contribution is 7.92. The summed E-state index contributed by atoms with van der Waals surface area (Å²) in [6, 6.07) is 9.28. The second kappa shape index (κ2) is 11.6. The summed E-state index contributed by atoms with van der Waals surface area (Å²) < 4.78 is 37.6. The van der Waals surface area contributed by atoms with Crippen molar-refractivity contribution in [2.24, 2.45) is 0 Å². The van der Waals surface area contributed by atoms with Crippen molar-refractivity contribution in [1.29, 1.82) is 0 Å². The van der Waals surface area contributed by atoms with Crippen LogP contribution in [0.15, 0.2) is 43.1 Å². The van der Waals surface area contributed by atoms with Crippen LogP contribution in [0.25, 0.3) is 6.08 Å². The van der Waals surface area contributed by atoms with Crippen LogP contribution >= 0.6 is 0 Å². The maximum atomic E-state index is 12.5. The molecule has 2 aromatic carbocycles. The summed E-state index contributed by atoms with van der Waals surface area (Å²) in [6.45, 7) is 7.10. The van der Waals surface area contributed by atoms with Crippen LogP contribution < -0.4 is 29.7 Å². The van der Waals surface area contributed by atoms with E-state index in [-0.39, 0.29) is 6.61 Å². The molecule has 4 N–H and O–H groups in total. The van der Waals surface area contributed by atoms with Gasteiger partial charge in [-0.1, -0.05) is 19.6 Å². The molecule has 0 bridgehead atoms. The van der Waals surface area contributed by atoms with Gasteiger partial charge in [-0.3, -0.25) is 4.31 Å². The summed E-state index contributed by atoms with van der Waals surface area (Å²) in [5.41, 5.74) is 4.23. The predicted octanol–water partition coefficient (Wildman–Crippen LogP) is 3.74. The number of aryl methyl sites for hydroxylation is 1. The van der Waals surface area contributed by atoms with E-state index in [0.717, 1.165) is 33.9 Å². The lowest BCUT2D eigenvalue weighted by Crippen LogP contribution is -2.28. The molecule has 0 aliphatic carbocycles. The molecule has 0 unspecified atom stereocenters. The Labute approximate surface area is 222 Å². The van der Waals surface area contributed by atoms with Crippen molar-refractivity contribution < 1.29 is 23.0 Å². The molecule has 1 aromatic heterocycles. The molecule has 2 heterocycles. The van der Waals surface area contributed by atoms with Gasteiger partial charge >= 0.3 is 0 Å². The topological polar surface area (TPSA) is 138 Å². The molecule has 38 heavy (non-hydrogen) atoms. The van der Waals surface area contributed by atoms with Crippen molar-refractivity contribution in [2.75, 3.05) is 59.9 Å². The molecule has 1 aliphatic rings. The van der Waals surface area contributed by atoms with E-state index in [1.807, 2.05) is 18.2 Å². The quantitative estimate of drug-likeness (QED) is 0.285. The number of aliphatic hydroxyl groups is 1. The number of aliphatic hydroxyl groups excluding tert-OH is 1. The molecule has 0 radical (unpaired) electrons. The molecule has 0 saturated carbocycles. The first-order valence-corrected chi connectivity index (χ1v) is 14.0. The number of sulfonamides is 1. The highest BCUT2D eigenvalue weighted by atomic mass is 32.2. The van der Waals surface area contributed by atoms with E-state index in [1.165, 1.54) is 7.05 Å². The molecule has 0 saturated heterocycles. The number of hydrogen-bond donors (Lipinski definition) is 4. The monoisotopic (exact) mass is 540 g/mol. The SMILES string of the molecule is C=Cc1cnc(Nc2ccc(NCCO)c(CC)c2)nc1Nc1ccc2c(c1N(C)S(C)(=O)=O)OCCO2. The zero-order chi connectivity index (χ0) is 27.3. The Morgan fingerprint density at radius 1 is 1.16 bits per heavy atom. The molecule has 4 rings (SSSR count). The number of rotatable bonds is 11. The van der Waals surface area contributed by atoms with Gasteiger partial charge in [0, 0.05) is 36.7 Å². The summed E-state index contributed by atoms with van der Waals surface area (Å²) in [6.07, 6.45) is 5.16. The van der Waals surface area contributed by atoms with E-state index in [4.69, 9.17) is 14.6 Å². The Balaban J connectivity index is 1.69. The first kappa shape index (κ1) is 27.0. The van der Waals surface area contributed by atoms with E-state index in [0.29, 0.717) is 60.0 Å².